The first kappa shape index (κ1) is 40.0. The first-order valence-electron chi connectivity index (χ1n) is 15.8. The van der Waals surface area contributed by atoms with Crippen LogP contribution in [0.5, 0.6) is 0 Å². The summed E-state index contributed by atoms with van der Waals surface area (Å²) in [5, 5.41) is 8.77. The Hall–Kier alpha value is -1.03. The quantitative estimate of drug-likeness (QED) is 0.0434. The van der Waals surface area contributed by atoms with E-state index in [1.54, 1.807) is 0 Å². The maximum absolute atomic E-state index is 12.1. The minimum atomic E-state index is -4.59. The third-order valence-electron chi connectivity index (χ3n) is 6.72. The molecule has 0 aromatic rings. The fourth-order valence-electron chi connectivity index (χ4n) is 4.18. The van der Waals surface area contributed by atoms with Crippen LogP contribution in [0.1, 0.15) is 122 Å². The fraction of sp³-hybridized carbons (Fsp3) is 0.933. The molecule has 0 aromatic carbocycles. The highest BCUT2D eigenvalue weighted by molar-refractivity contribution is 7.45. The standard InChI is InChI=1S/C30H60NO9P/c1-5-6-7-8-9-10-11-12-13-14-15-16-17-18-19-20-24-37-26-28(40-30(34)22-21-29(32)33)27-39-41(35,36)38-25-23-31(2,3)4/h28H,5-27H2,1-4H3,(H-,32,33,35,36). The number of carboxylic acids is 1. The molecular formula is C30H60NO9P. The zero-order valence-electron chi connectivity index (χ0n) is 26.4. The van der Waals surface area contributed by atoms with Crippen LogP contribution in [-0.4, -0.2) is 81.7 Å². The zero-order valence-corrected chi connectivity index (χ0v) is 27.3. The van der Waals surface area contributed by atoms with Crippen molar-refractivity contribution in [3.63, 3.8) is 0 Å². The van der Waals surface area contributed by atoms with Gasteiger partial charge in [-0.1, -0.05) is 103 Å². The van der Waals surface area contributed by atoms with E-state index in [9.17, 15) is 19.0 Å². The van der Waals surface area contributed by atoms with Gasteiger partial charge in [0, 0.05) is 6.61 Å². The van der Waals surface area contributed by atoms with E-state index >= 15 is 0 Å². The van der Waals surface area contributed by atoms with Gasteiger partial charge in [-0.15, -0.1) is 0 Å². The first-order chi connectivity index (χ1) is 19.4. The molecule has 0 saturated carbocycles. The van der Waals surface area contributed by atoms with Crippen molar-refractivity contribution in [2.24, 2.45) is 0 Å². The molecule has 0 bridgehead atoms. The Morgan fingerprint density at radius 2 is 1.22 bits per heavy atom. The second-order valence-electron chi connectivity index (χ2n) is 12.0. The van der Waals surface area contributed by atoms with Crippen LogP contribution in [0, 0.1) is 0 Å². The molecule has 2 atom stereocenters. The van der Waals surface area contributed by atoms with Gasteiger partial charge < -0.3 is 33.0 Å². The van der Waals surface area contributed by atoms with Crippen LogP contribution < -0.4 is 4.89 Å². The van der Waals surface area contributed by atoms with Gasteiger partial charge in [0.05, 0.1) is 47.2 Å². The summed E-state index contributed by atoms with van der Waals surface area (Å²) < 4.78 is 33.2. The van der Waals surface area contributed by atoms with Crippen molar-refractivity contribution in [1.82, 2.24) is 0 Å². The summed E-state index contributed by atoms with van der Waals surface area (Å²) in [6.45, 7) is 2.64. The van der Waals surface area contributed by atoms with Crippen LogP contribution in [0.3, 0.4) is 0 Å². The third-order valence-corrected chi connectivity index (χ3v) is 7.68. The number of hydrogen-bond donors (Lipinski definition) is 1. The number of nitrogens with zero attached hydrogens (tertiary/aromatic N) is 1. The van der Waals surface area contributed by atoms with Gasteiger partial charge in [0.15, 0.2) is 0 Å². The second-order valence-corrected chi connectivity index (χ2v) is 13.4. The number of quaternary nitrogens is 1. The van der Waals surface area contributed by atoms with Crippen LogP contribution in [0.2, 0.25) is 0 Å². The van der Waals surface area contributed by atoms with Crippen LogP contribution in [0.15, 0.2) is 0 Å². The van der Waals surface area contributed by atoms with E-state index in [0.717, 1.165) is 19.3 Å². The van der Waals surface area contributed by atoms with Gasteiger partial charge in [0.1, 0.15) is 19.3 Å². The molecule has 0 fully saturated rings. The molecule has 0 rings (SSSR count). The maximum Gasteiger partial charge on any atom is 0.306 e. The average Bonchev–Trinajstić information content (AvgIpc) is 2.88. The summed E-state index contributed by atoms with van der Waals surface area (Å²) in [4.78, 5) is 34.8. The number of phosphoric acid groups is 1. The van der Waals surface area contributed by atoms with E-state index < -0.39 is 32.5 Å². The van der Waals surface area contributed by atoms with Gasteiger partial charge in [0.25, 0.3) is 7.82 Å². The average molecular weight is 610 g/mol. The number of ether oxygens (including phenoxy) is 2. The number of unbranched alkanes of at least 4 members (excludes halogenated alkanes) is 15. The van der Waals surface area contributed by atoms with E-state index in [1.807, 2.05) is 21.1 Å². The van der Waals surface area contributed by atoms with Crippen LogP contribution >= 0.6 is 7.82 Å². The minimum absolute atomic E-state index is 0.0386. The summed E-state index contributed by atoms with van der Waals surface area (Å²) in [6.07, 6.45) is 18.8. The molecule has 2 unspecified atom stereocenters. The van der Waals surface area contributed by atoms with Crippen molar-refractivity contribution in [1.29, 1.82) is 0 Å². The smallest absolute Gasteiger partial charge is 0.306 e. The zero-order chi connectivity index (χ0) is 30.8. The lowest BCUT2D eigenvalue weighted by atomic mass is 10.0. The number of aliphatic carboxylic acids is 1. The van der Waals surface area contributed by atoms with Gasteiger partial charge in [-0.3, -0.25) is 14.2 Å². The summed E-state index contributed by atoms with van der Waals surface area (Å²) in [7, 11) is 1.13. The fourth-order valence-corrected chi connectivity index (χ4v) is 4.90. The molecule has 0 radical (unpaired) electrons. The predicted octanol–water partition coefficient (Wildman–Crippen LogP) is 6.25. The van der Waals surface area contributed by atoms with Crippen LogP contribution in [0.4, 0.5) is 0 Å². The topological polar surface area (TPSA) is 131 Å². The number of carbonyl (C=O) groups excluding carboxylic acids is 1. The van der Waals surface area contributed by atoms with E-state index in [2.05, 4.69) is 6.92 Å². The highest BCUT2D eigenvalue weighted by Crippen LogP contribution is 2.38. The van der Waals surface area contributed by atoms with Gasteiger partial charge in [-0.25, -0.2) is 0 Å². The molecular weight excluding hydrogens is 549 g/mol. The van der Waals surface area contributed by atoms with Crippen molar-refractivity contribution >= 4 is 19.8 Å². The molecule has 0 aromatic heterocycles. The molecule has 0 heterocycles. The Bertz CT molecular complexity index is 700. The number of phosphoric ester groups is 1. The number of esters is 1. The second kappa shape index (κ2) is 25.5. The van der Waals surface area contributed by atoms with E-state index in [-0.39, 0.29) is 26.1 Å². The molecule has 41 heavy (non-hydrogen) atoms. The molecule has 0 spiro atoms. The lowest BCUT2D eigenvalue weighted by Crippen LogP contribution is -2.37. The van der Waals surface area contributed by atoms with Gasteiger partial charge in [0.2, 0.25) is 0 Å². The van der Waals surface area contributed by atoms with Crippen molar-refractivity contribution in [2.75, 3.05) is 54.1 Å². The number of carboxylic acid groups (broad SMARTS) is 1. The lowest BCUT2D eigenvalue weighted by Gasteiger charge is -2.28. The minimum Gasteiger partial charge on any atom is -0.756 e. The Labute approximate surface area is 249 Å². The molecule has 11 heteroatoms. The number of likely N-dealkylation sites (N-methyl/N-ethyl adjacent to an activating group) is 1. The Balaban J connectivity index is 4.04. The number of carbonyl (C=O) groups is 2. The lowest BCUT2D eigenvalue weighted by molar-refractivity contribution is -0.870. The number of hydrogen-bond acceptors (Lipinski definition) is 8. The van der Waals surface area contributed by atoms with E-state index in [4.69, 9.17) is 23.6 Å². The van der Waals surface area contributed by atoms with Crippen LogP contribution in [-0.2, 0) is 32.7 Å². The molecule has 0 saturated heterocycles. The summed E-state index contributed by atoms with van der Waals surface area (Å²) in [5.41, 5.74) is 0. The van der Waals surface area contributed by atoms with Gasteiger partial charge >= 0.3 is 11.9 Å². The summed E-state index contributed by atoms with van der Waals surface area (Å²) in [6, 6.07) is 0. The van der Waals surface area contributed by atoms with Crippen molar-refractivity contribution in [2.45, 2.75) is 129 Å². The molecule has 0 amide bonds. The Morgan fingerprint density at radius 3 is 1.68 bits per heavy atom. The van der Waals surface area contributed by atoms with Crippen molar-refractivity contribution in [3.05, 3.63) is 0 Å². The third kappa shape index (κ3) is 30.2. The summed E-state index contributed by atoms with van der Waals surface area (Å²) >= 11 is 0. The predicted molar refractivity (Wildman–Crippen MR) is 160 cm³/mol. The van der Waals surface area contributed by atoms with Gasteiger partial charge in [-0.05, 0) is 6.42 Å². The highest BCUT2D eigenvalue weighted by atomic mass is 31.2. The highest BCUT2D eigenvalue weighted by Gasteiger charge is 2.20. The molecule has 1 N–H and O–H groups in total. The van der Waals surface area contributed by atoms with Gasteiger partial charge in [-0.2, -0.15) is 0 Å². The van der Waals surface area contributed by atoms with Crippen molar-refractivity contribution in [3.8, 4) is 0 Å². The van der Waals surface area contributed by atoms with Crippen LogP contribution in [0.25, 0.3) is 0 Å². The molecule has 0 aliphatic carbocycles. The SMILES string of the molecule is CCCCCCCCCCCCCCCCCCOCC(COP(=O)([O-])OCC[N+](C)(C)C)OC(=O)CCC(=O)O. The van der Waals surface area contributed by atoms with E-state index in [1.165, 1.54) is 83.5 Å². The Kier molecular flexibility index (Phi) is 24.8. The normalized spacial score (nSPS) is 14.1. The monoisotopic (exact) mass is 609 g/mol. The number of rotatable bonds is 30. The molecule has 0 aliphatic heterocycles. The van der Waals surface area contributed by atoms with Crippen molar-refractivity contribution < 1.29 is 47.2 Å². The molecule has 10 nitrogen and oxygen atoms in total. The maximum atomic E-state index is 12.1. The molecule has 0 aliphatic rings. The Morgan fingerprint density at radius 1 is 0.732 bits per heavy atom. The molecule has 244 valence electrons. The van der Waals surface area contributed by atoms with E-state index in [0.29, 0.717) is 17.6 Å². The largest absolute Gasteiger partial charge is 0.756 e. The first-order valence-corrected chi connectivity index (χ1v) is 17.3. The summed E-state index contributed by atoms with van der Waals surface area (Å²) in [5.74, 6) is -1.87.